The zero-order valence-electron chi connectivity index (χ0n) is 17.3. The van der Waals surface area contributed by atoms with Crippen molar-refractivity contribution in [1.29, 1.82) is 0 Å². The first-order chi connectivity index (χ1) is 14.7. The Bertz CT molecular complexity index is 982. The summed E-state index contributed by atoms with van der Waals surface area (Å²) < 4.78 is 7.53. The van der Waals surface area contributed by atoms with Gasteiger partial charge in [-0.25, -0.2) is 0 Å². The third kappa shape index (κ3) is 4.42. The van der Waals surface area contributed by atoms with Crippen LogP contribution in [-0.4, -0.2) is 52.1 Å². The van der Waals surface area contributed by atoms with Gasteiger partial charge in [0, 0.05) is 18.7 Å². The van der Waals surface area contributed by atoms with Crippen LogP contribution >= 0.6 is 11.8 Å². The van der Waals surface area contributed by atoms with E-state index in [1.54, 1.807) is 0 Å². The van der Waals surface area contributed by atoms with Gasteiger partial charge >= 0.3 is 0 Å². The van der Waals surface area contributed by atoms with Gasteiger partial charge < -0.3 is 9.64 Å². The molecule has 1 aromatic heterocycles. The number of benzene rings is 2. The van der Waals surface area contributed by atoms with Crippen LogP contribution in [0.15, 0.2) is 59.8 Å². The standard InChI is InChI=1S/C23H26N4O2S/c1-3-18-9-11-19(12-10-18)21(28)17(2)30-23-25-24-22(26-13-15-29-16-14-26)27(23)20-7-5-4-6-8-20/h4-12,17H,3,13-16H2,1-2H3. The highest BCUT2D eigenvalue weighted by molar-refractivity contribution is 8.00. The van der Waals surface area contributed by atoms with Crippen LogP contribution < -0.4 is 4.90 Å². The Morgan fingerprint density at radius 3 is 2.43 bits per heavy atom. The number of anilines is 1. The first kappa shape index (κ1) is 20.6. The highest BCUT2D eigenvalue weighted by atomic mass is 32.2. The molecular weight excluding hydrogens is 396 g/mol. The van der Waals surface area contributed by atoms with E-state index in [0.717, 1.165) is 36.7 Å². The molecule has 2 aromatic carbocycles. The third-order valence-electron chi connectivity index (χ3n) is 5.22. The second-order valence-electron chi connectivity index (χ2n) is 7.23. The summed E-state index contributed by atoms with van der Waals surface area (Å²) in [5.74, 6) is 0.886. The molecule has 4 rings (SSSR count). The summed E-state index contributed by atoms with van der Waals surface area (Å²) in [5, 5.41) is 9.37. The number of aromatic nitrogens is 3. The van der Waals surface area contributed by atoms with Crippen molar-refractivity contribution in [3.05, 3.63) is 65.7 Å². The SMILES string of the molecule is CCc1ccc(C(=O)C(C)Sc2nnc(N3CCOCC3)n2-c2ccccc2)cc1. The molecule has 1 saturated heterocycles. The number of carbonyl (C=O) groups excluding carboxylic acids is 1. The van der Waals surface area contributed by atoms with Crippen molar-refractivity contribution >= 4 is 23.5 Å². The smallest absolute Gasteiger partial charge is 0.232 e. The molecule has 0 N–H and O–H groups in total. The summed E-state index contributed by atoms with van der Waals surface area (Å²) in [4.78, 5) is 15.2. The van der Waals surface area contributed by atoms with Gasteiger partial charge in [-0.05, 0) is 31.0 Å². The topological polar surface area (TPSA) is 60.3 Å². The van der Waals surface area contributed by atoms with Gasteiger partial charge in [0.2, 0.25) is 5.95 Å². The number of carbonyl (C=O) groups is 1. The number of rotatable bonds is 7. The van der Waals surface area contributed by atoms with Gasteiger partial charge in [0.25, 0.3) is 0 Å². The average Bonchev–Trinajstić information content (AvgIpc) is 3.23. The number of ether oxygens (including phenoxy) is 1. The largest absolute Gasteiger partial charge is 0.378 e. The molecule has 1 aliphatic rings. The number of nitrogens with zero attached hydrogens (tertiary/aromatic N) is 4. The molecule has 1 atom stereocenters. The van der Waals surface area contributed by atoms with E-state index >= 15 is 0 Å². The van der Waals surface area contributed by atoms with E-state index in [4.69, 9.17) is 4.74 Å². The van der Waals surface area contributed by atoms with E-state index < -0.39 is 0 Å². The Labute approximate surface area is 181 Å². The van der Waals surface area contributed by atoms with Crippen LogP contribution in [0, 0.1) is 0 Å². The van der Waals surface area contributed by atoms with Crippen molar-refractivity contribution in [3.63, 3.8) is 0 Å². The van der Waals surface area contributed by atoms with Crippen molar-refractivity contribution < 1.29 is 9.53 Å². The number of aryl methyl sites for hydroxylation is 1. The zero-order chi connectivity index (χ0) is 20.9. The van der Waals surface area contributed by atoms with Gasteiger partial charge in [-0.2, -0.15) is 0 Å². The minimum absolute atomic E-state index is 0.0955. The number of hydrogen-bond acceptors (Lipinski definition) is 6. The Balaban J connectivity index is 1.61. The fourth-order valence-electron chi connectivity index (χ4n) is 3.46. The van der Waals surface area contributed by atoms with Crippen molar-refractivity contribution in [2.45, 2.75) is 30.7 Å². The lowest BCUT2D eigenvalue weighted by Crippen LogP contribution is -2.37. The molecule has 0 amide bonds. The highest BCUT2D eigenvalue weighted by Crippen LogP contribution is 2.30. The predicted octanol–water partition coefficient (Wildman–Crippen LogP) is 4.03. The normalized spacial score (nSPS) is 15.2. The Morgan fingerprint density at radius 2 is 1.77 bits per heavy atom. The van der Waals surface area contributed by atoms with Crippen LogP contribution in [0.3, 0.4) is 0 Å². The minimum Gasteiger partial charge on any atom is -0.378 e. The van der Waals surface area contributed by atoms with E-state index in [-0.39, 0.29) is 11.0 Å². The van der Waals surface area contributed by atoms with Crippen molar-refractivity contribution in [1.82, 2.24) is 14.8 Å². The molecular formula is C23H26N4O2S. The number of hydrogen-bond donors (Lipinski definition) is 0. The highest BCUT2D eigenvalue weighted by Gasteiger charge is 2.25. The monoisotopic (exact) mass is 422 g/mol. The van der Waals surface area contributed by atoms with Gasteiger partial charge in [-0.3, -0.25) is 9.36 Å². The molecule has 0 spiro atoms. The molecule has 1 unspecified atom stereocenters. The number of para-hydroxylation sites is 1. The van der Waals surface area contributed by atoms with Gasteiger partial charge in [0.05, 0.1) is 24.2 Å². The molecule has 0 aliphatic carbocycles. The molecule has 6 nitrogen and oxygen atoms in total. The molecule has 1 fully saturated rings. The molecule has 156 valence electrons. The second kappa shape index (κ2) is 9.45. The summed E-state index contributed by atoms with van der Waals surface area (Å²) in [6, 6.07) is 17.9. The van der Waals surface area contributed by atoms with E-state index in [9.17, 15) is 4.79 Å². The van der Waals surface area contributed by atoms with Gasteiger partial charge in [0.15, 0.2) is 10.9 Å². The van der Waals surface area contributed by atoms with Crippen molar-refractivity contribution in [2.75, 3.05) is 31.2 Å². The fourth-order valence-corrected chi connectivity index (χ4v) is 4.40. The van der Waals surface area contributed by atoms with Crippen molar-refractivity contribution in [2.24, 2.45) is 0 Å². The number of morpholine rings is 1. The van der Waals surface area contributed by atoms with E-state index in [0.29, 0.717) is 18.4 Å². The molecule has 0 radical (unpaired) electrons. The number of Topliss-reactive ketones (excluding diaryl/α,β-unsaturated/α-hetero) is 1. The van der Waals surface area contributed by atoms with Gasteiger partial charge in [-0.15, -0.1) is 10.2 Å². The molecule has 7 heteroatoms. The Kier molecular flexibility index (Phi) is 6.50. The van der Waals surface area contributed by atoms with Crippen LogP contribution in [0.2, 0.25) is 0 Å². The number of thioether (sulfide) groups is 1. The quantitative estimate of drug-likeness (QED) is 0.423. The van der Waals surface area contributed by atoms with Gasteiger partial charge in [0.1, 0.15) is 0 Å². The van der Waals surface area contributed by atoms with E-state index in [2.05, 4.69) is 22.0 Å². The van der Waals surface area contributed by atoms with E-state index in [1.165, 1.54) is 17.3 Å². The molecule has 0 saturated carbocycles. The van der Waals surface area contributed by atoms with Crippen molar-refractivity contribution in [3.8, 4) is 5.69 Å². The molecule has 0 bridgehead atoms. The van der Waals surface area contributed by atoms with Gasteiger partial charge in [-0.1, -0.05) is 61.2 Å². The van der Waals surface area contributed by atoms with Crippen LogP contribution in [-0.2, 0) is 11.2 Å². The maximum absolute atomic E-state index is 13.0. The average molecular weight is 423 g/mol. The Hall–Kier alpha value is -2.64. The summed E-state index contributed by atoms with van der Waals surface area (Å²) in [7, 11) is 0. The first-order valence-electron chi connectivity index (χ1n) is 10.3. The molecule has 30 heavy (non-hydrogen) atoms. The molecule has 2 heterocycles. The predicted molar refractivity (Wildman–Crippen MR) is 120 cm³/mol. The summed E-state index contributed by atoms with van der Waals surface area (Å²) in [5.41, 5.74) is 2.94. The van der Waals surface area contributed by atoms with E-state index in [1.807, 2.05) is 66.1 Å². The van der Waals surface area contributed by atoms with Crippen LogP contribution in [0.5, 0.6) is 0 Å². The fraction of sp³-hybridized carbons (Fsp3) is 0.348. The maximum Gasteiger partial charge on any atom is 0.232 e. The zero-order valence-corrected chi connectivity index (χ0v) is 18.1. The molecule has 3 aromatic rings. The summed E-state index contributed by atoms with van der Waals surface area (Å²) in [6.07, 6.45) is 0.962. The maximum atomic E-state index is 13.0. The van der Waals surface area contributed by atoms with Crippen LogP contribution in [0.1, 0.15) is 29.8 Å². The lowest BCUT2D eigenvalue weighted by molar-refractivity contribution is 0.0994. The van der Waals surface area contributed by atoms with Crippen LogP contribution in [0.25, 0.3) is 5.69 Å². The summed E-state index contributed by atoms with van der Waals surface area (Å²) >= 11 is 1.44. The first-order valence-corrected chi connectivity index (χ1v) is 11.2. The lowest BCUT2D eigenvalue weighted by Gasteiger charge is -2.28. The summed E-state index contributed by atoms with van der Waals surface area (Å²) in [6.45, 7) is 6.93. The minimum atomic E-state index is -0.276. The molecule has 1 aliphatic heterocycles. The van der Waals surface area contributed by atoms with Crippen LogP contribution in [0.4, 0.5) is 5.95 Å². The number of ketones is 1. The Morgan fingerprint density at radius 1 is 1.07 bits per heavy atom. The third-order valence-corrected chi connectivity index (χ3v) is 6.27. The lowest BCUT2D eigenvalue weighted by atomic mass is 10.1. The second-order valence-corrected chi connectivity index (χ2v) is 8.54.